The molecule has 4 heteroatoms. The fraction of sp³-hybridized carbons (Fsp3) is 0.267. The molecule has 3 nitrogen and oxygen atoms in total. The second-order valence-electron chi connectivity index (χ2n) is 4.54. The highest BCUT2D eigenvalue weighted by molar-refractivity contribution is 7.09. The highest BCUT2D eigenvalue weighted by Gasteiger charge is 2.09. The van der Waals surface area contributed by atoms with E-state index in [1.807, 2.05) is 17.4 Å². The lowest BCUT2D eigenvalue weighted by Crippen LogP contribution is -2.11. The molecule has 0 unspecified atom stereocenters. The lowest BCUT2D eigenvalue weighted by molar-refractivity contribution is 0.669. The van der Waals surface area contributed by atoms with Crippen molar-refractivity contribution in [1.82, 2.24) is 9.55 Å². The molecular formula is C15H17N3S. The van der Waals surface area contributed by atoms with E-state index in [4.69, 9.17) is 5.73 Å². The van der Waals surface area contributed by atoms with E-state index in [9.17, 15) is 0 Å². The summed E-state index contributed by atoms with van der Waals surface area (Å²) < 4.78 is 2.31. The van der Waals surface area contributed by atoms with Crippen molar-refractivity contribution in [2.75, 3.05) is 6.54 Å². The number of hydrogen-bond acceptors (Lipinski definition) is 3. The molecule has 2 aromatic heterocycles. The molecule has 2 N–H and O–H groups in total. The van der Waals surface area contributed by atoms with Gasteiger partial charge in [0.2, 0.25) is 0 Å². The van der Waals surface area contributed by atoms with Gasteiger partial charge < -0.3 is 10.3 Å². The molecule has 0 amide bonds. The van der Waals surface area contributed by atoms with Gasteiger partial charge in [-0.05, 0) is 36.5 Å². The zero-order chi connectivity index (χ0) is 13.1. The van der Waals surface area contributed by atoms with Crippen LogP contribution in [0.4, 0.5) is 0 Å². The zero-order valence-corrected chi connectivity index (χ0v) is 11.6. The summed E-state index contributed by atoms with van der Waals surface area (Å²) in [4.78, 5) is 6.10. The molecule has 3 rings (SSSR count). The Morgan fingerprint density at radius 2 is 2.00 bits per heavy atom. The van der Waals surface area contributed by atoms with E-state index in [0.29, 0.717) is 6.54 Å². The van der Waals surface area contributed by atoms with Gasteiger partial charge in [-0.1, -0.05) is 18.2 Å². The molecule has 0 aliphatic heterocycles. The maximum atomic E-state index is 5.69. The number of aryl methyl sites for hydroxylation is 2. The van der Waals surface area contributed by atoms with Crippen molar-refractivity contribution in [3.8, 4) is 0 Å². The molecule has 0 saturated carbocycles. The summed E-state index contributed by atoms with van der Waals surface area (Å²) >= 11 is 1.81. The second-order valence-corrected chi connectivity index (χ2v) is 5.57. The van der Waals surface area contributed by atoms with Crippen LogP contribution in [-0.4, -0.2) is 16.1 Å². The van der Waals surface area contributed by atoms with Gasteiger partial charge in [0, 0.05) is 17.8 Å². The first-order valence-electron chi connectivity index (χ1n) is 6.55. The quantitative estimate of drug-likeness (QED) is 0.775. The lowest BCUT2D eigenvalue weighted by atomic mass is 10.3. The third kappa shape index (κ3) is 2.55. The molecule has 0 bridgehead atoms. The summed E-state index contributed by atoms with van der Waals surface area (Å²) in [6, 6.07) is 12.6. The maximum Gasteiger partial charge on any atom is 0.111 e. The van der Waals surface area contributed by atoms with Crippen molar-refractivity contribution < 1.29 is 0 Å². The summed E-state index contributed by atoms with van der Waals surface area (Å²) in [5.41, 5.74) is 7.97. The van der Waals surface area contributed by atoms with E-state index in [1.165, 1.54) is 10.4 Å². The van der Waals surface area contributed by atoms with Crippen LogP contribution in [0.3, 0.4) is 0 Å². The van der Waals surface area contributed by atoms with Crippen molar-refractivity contribution in [1.29, 1.82) is 0 Å². The number of aromatic nitrogens is 2. The van der Waals surface area contributed by atoms with Crippen molar-refractivity contribution in [3.63, 3.8) is 0 Å². The first kappa shape index (κ1) is 12.4. The third-order valence-corrected chi connectivity index (χ3v) is 4.20. The Morgan fingerprint density at radius 1 is 1.11 bits per heavy atom. The number of fused-ring (bicyclic) bond motifs is 1. The molecule has 1 aromatic carbocycles. The molecule has 0 saturated heterocycles. The van der Waals surface area contributed by atoms with Crippen molar-refractivity contribution in [2.24, 2.45) is 5.73 Å². The molecule has 0 aliphatic rings. The van der Waals surface area contributed by atoms with Crippen LogP contribution in [0.1, 0.15) is 10.7 Å². The van der Waals surface area contributed by atoms with Crippen LogP contribution < -0.4 is 5.73 Å². The molecule has 0 spiro atoms. The third-order valence-electron chi connectivity index (χ3n) is 3.26. The first-order chi connectivity index (χ1) is 9.38. The Hall–Kier alpha value is -1.65. The predicted octanol–water partition coefficient (Wildman–Crippen LogP) is 2.84. The highest BCUT2D eigenvalue weighted by atomic mass is 32.1. The molecule has 0 aliphatic carbocycles. The lowest BCUT2D eigenvalue weighted by Gasteiger charge is -2.07. The number of rotatable bonds is 5. The van der Waals surface area contributed by atoms with Crippen LogP contribution in [0.15, 0.2) is 41.8 Å². The minimum Gasteiger partial charge on any atom is -0.330 e. The summed E-state index contributed by atoms with van der Waals surface area (Å²) in [5, 5.41) is 2.13. The molecule has 3 aromatic rings. The Bertz CT molecular complexity index is 655. The average Bonchev–Trinajstić information content (AvgIpc) is 3.04. The number of thiophene rings is 1. The Kier molecular flexibility index (Phi) is 3.62. The van der Waals surface area contributed by atoms with Crippen molar-refractivity contribution >= 4 is 22.4 Å². The van der Waals surface area contributed by atoms with Gasteiger partial charge in [-0.25, -0.2) is 4.98 Å². The van der Waals surface area contributed by atoms with Crippen LogP contribution in [0.25, 0.3) is 11.0 Å². The highest BCUT2D eigenvalue weighted by Crippen LogP contribution is 2.18. The van der Waals surface area contributed by atoms with Gasteiger partial charge in [0.1, 0.15) is 5.82 Å². The van der Waals surface area contributed by atoms with E-state index in [1.54, 1.807) is 0 Å². The maximum absolute atomic E-state index is 5.69. The van der Waals surface area contributed by atoms with Crippen LogP contribution in [0, 0.1) is 0 Å². The van der Waals surface area contributed by atoms with E-state index < -0.39 is 0 Å². The molecule has 0 atom stereocenters. The summed E-state index contributed by atoms with van der Waals surface area (Å²) in [6.45, 7) is 1.61. The van der Waals surface area contributed by atoms with Gasteiger partial charge in [-0.2, -0.15) is 0 Å². The Labute approximate surface area is 116 Å². The van der Waals surface area contributed by atoms with Gasteiger partial charge in [0.05, 0.1) is 11.0 Å². The largest absolute Gasteiger partial charge is 0.330 e. The number of nitrogens with two attached hydrogens (primary N) is 1. The predicted molar refractivity (Wildman–Crippen MR) is 80.5 cm³/mol. The molecule has 19 heavy (non-hydrogen) atoms. The van der Waals surface area contributed by atoms with E-state index in [2.05, 4.69) is 45.3 Å². The summed E-state index contributed by atoms with van der Waals surface area (Å²) in [6.07, 6.45) is 1.88. The number of hydrogen-bond donors (Lipinski definition) is 1. The fourth-order valence-electron chi connectivity index (χ4n) is 2.37. The van der Waals surface area contributed by atoms with E-state index in [-0.39, 0.29) is 0 Å². The first-order valence-corrected chi connectivity index (χ1v) is 7.43. The van der Waals surface area contributed by atoms with Gasteiger partial charge in [0.15, 0.2) is 0 Å². The van der Waals surface area contributed by atoms with Gasteiger partial charge >= 0.3 is 0 Å². The van der Waals surface area contributed by atoms with E-state index >= 15 is 0 Å². The molecular weight excluding hydrogens is 254 g/mol. The van der Waals surface area contributed by atoms with Crippen LogP contribution in [-0.2, 0) is 19.4 Å². The smallest absolute Gasteiger partial charge is 0.111 e. The number of imidazole rings is 1. The van der Waals surface area contributed by atoms with Crippen molar-refractivity contribution in [3.05, 3.63) is 52.5 Å². The molecule has 0 radical (unpaired) electrons. The van der Waals surface area contributed by atoms with Crippen LogP contribution in [0.2, 0.25) is 0 Å². The topological polar surface area (TPSA) is 43.8 Å². The van der Waals surface area contributed by atoms with Crippen LogP contribution in [0.5, 0.6) is 0 Å². The zero-order valence-electron chi connectivity index (χ0n) is 10.7. The molecule has 0 fully saturated rings. The minimum atomic E-state index is 0.641. The fourth-order valence-corrected chi connectivity index (χ4v) is 3.07. The monoisotopic (exact) mass is 271 g/mol. The molecule has 2 heterocycles. The Morgan fingerprint density at radius 3 is 2.79 bits per heavy atom. The number of nitrogens with zero attached hydrogens (tertiary/aromatic N) is 2. The average molecular weight is 271 g/mol. The van der Waals surface area contributed by atoms with Gasteiger partial charge in [0.25, 0.3) is 0 Å². The molecule has 98 valence electrons. The van der Waals surface area contributed by atoms with E-state index in [0.717, 1.165) is 30.7 Å². The summed E-state index contributed by atoms with van der Waals surface area (Å²) in [7, 11) is 0. The SMILES string of the molecule is NCCc1nc2ccccc2n1CCc1cccs1. The number of para-hydroxylation sites is 2. The summed E-state index contributed by atoms with van der Waals surface area (Å²) in [5.74, 6) is 1.10. The minimum absolute atomic E-state index is 0.641. The normalized spacial score (nSPS) is 11.2. The standard InChI is InChI=1S/C15H17N3S/c16-9-7-15-17-13-5-1-2-6-14(13)18(15)10-8-12-4-3-11-19-12/h1-6,11H,7-10,16H2. The van der Waals surface area contributed by atoms with Crippen molar-refractivity contribution in [2.45, 2.75) is 19.4 Å². The Balaban J connectivity index is 1.92. The van der Waals surface area contributed by atoms with Gasteiger partial charge in [-0.15, -0.1) is 11.3 Å². The van der Waals surface area contributed by atoms with Gasteiger partial charge in [-0.3, -0.25) is 0 Å². The number of benzene rings is 1. The van der Waals surface area contributed by atoms with Crippen LogP contribution >= 0.6 is 11.3 Å². The second kappa shape index (κ2) is 5.55.